The first-order chi connectivity index (χ1) is 3.68. The summed E-state index contributed by atoms with van der Waals surface area (Å²) < 4.78 is 4.51. The van der Waals surface area contributed by atoms with Crippen molar-refractivity contribution < 1.29 is 9.84 Å². The van der Waals surface area contributed by atoms with Gasteiger partial charge in [-0.25, -0.2) is 0 Å². The summed E-state index contributed by atoms with van der Waals surface area (Å²) in [6.45, 7) is 2.09. The van der Waals surface area contributed by atoms with Crippen LogP contribution in [0.5, 0.6) is 0 Å². The molecule has 0 bridgehead atoms. The van der Waals surface area contributed by atoms with Gasteiger partial charge in [-0.15, -0.1) is 0 Å². The molecule has 0 aliphatic heterocycles. The second kappa shape index (κ2) is 3.40. The van der Waals surface area contributed by atoms with Gasteiger partial charge in [0.15, 0.2) is 6.23 Å². The van der Waals surface area contributed by atoms with Crippen LogP contribution in [-0.2, 0) is 4.74 Å². The van der Waals surface area contributed by atoms with E-state index in [4.69, 9.17) is 16.2 Å². The van der Waals surface area contributed by atoms with E-state index in [1.54, 1.807) is 6.92 Å². The van der Waals surface area contributed by atoms with E-state index in [1.807, 2.05) is 0 Å². The zero-order valence-corrected chi connectivity index (χ0v) is 4.72. The van der Waals surface area contributed by atoms with Gasteiger partial charge in [0.25, 0.3) is 0 Å². The monoisotopic (exact) mass is 118 g/mol. The maximum absolute atomic E-state index is 8.38. The lowest BCUT2D eigenvalue weighted by Gasteiger charge is -2.05. The Balaban J connectivity index is 3.33. The molecule has 0 saturated heterocycles. The Morgan fingerprint density at radius 2 is 2.50 bits per heavy atom. The fourth-order valence-electron chi connectivity index (χ4n) is 0.241. The highest BCUT2D eigenvalue weighted by atomic mass is 16.5. The van der Waals surface area contributed by atoms with Crippen molar-refractivity contribution in [2.75, 3.05) is 6.61 Å². The lowest BCUT2D eigenvalue weighted by molar-refractivity contribution is 0.193. The lowest BCUT2D eigenvalue weighted by Crippen LogP contribution is -2.30. The largest absolute Gasteiger partial charge is 0.479 e. The molecular formula is C4H10N2O2. The first kappa shape index (κ1) is 7.39. The van der Waals surface area contributed by atoms with Gasteiger partial charge in [-0.2, -0.15) is 0 Å². The maximum Gasteiger partial charge on any atom is 0.225 e. The highest BCUT2D eigenvalue weighted by molar-refractivity contribution is 5.76. The molecule has 0 heterocycles. The summed E-state index contributed by atoms with van der Waals surface area (Å²) in [5, 5.41) is 15.1. The van der Waals surface area contributed by atoms with E-state index in [0.717, 1.165) is 0 Å². The molecule has 4 nitrogen and oxygen atoms in total. The predicted octanol–water partition coefficient (Wildman–Crippen LogP) is -0.723. The fourth-order valence-corrected chi connectivity index (χ4v) is 0.241. The minimum Gasteiger partial charge on any atom is -0.479 e. The predicted molar refractivity (Wildman–Crippen MR) is 29.5 cm³/mol. The zero-order valence-electron chi connectivity index (χ0n) is 4.72. The Labute approximate surface area is 47.8 Å². The standard InChI is InChI=1S/C4H10N2O2/c1-2-8-4(6)3(5)7/h3,6-7H,2,5H2,1H3. The van der Waals surface area contributed by atoms with E-state index in [2.05, 4.69) is 4.74 Å². The SMILES string of the molecule is CCOC(=N)C(N)O. The van der Waals surface area contributed by atoms with Crippen LogP contribution < -0.4 is 5.73 Å². The summed E-state index contributed by atoms with van der Waals surface area (Å²) >= 11 is 0. The summed E-state index contributed by atoms with van der Waals surface area (Å²) in [6.07, 6.45) is -1.27. The molecule has 4 N–H and O–H groups in total. The van der Waals surface area contributed by atoms with Crippen LogP contribution in [-0.4, -0.2) is 23.8 Å². The Morgan fingerprint density at radius 3 is 2.62 bits per heavy atom. The number of ether oxygens (including phenoxy) is 1. The third kappa shape index (κ3) is 2.54. The number of rotatable bonds is 2. The van der Waals surface area contributed by atoms with Crippen LogP contribution in [0.2, 0.25) is 0 Å². The van der Waals surface area contributed by atoms with Gasteiger partial charge in [0.1, 0.15) is 0 Å². The van der Waals surface area contributed by atoms with Crippen molar-refractivity contribution in [1.82, 2.24) is 0 Å². The molecule has 0 aliphatic rings. The Morgan fingerprint density at radius 1 is 2.00 bits per heavy atom. The van der Waals surface area contributed by atoms with Crippen molar-refractivity contribution in [1.29, 1.82) is 5.41 Å². The topological polar surface area (TPSA) is 79.3 Å². The van der Waals surface area contributed by atoms with Crippen LogP contribution in [0.15, 0.2) is 0 Å². The maximum atomic E-state index is 8.38. The van der Waals surface area contributed by atoms with Gasteiger partial charge in [-0.05, 0) is 6.92 Å². The van der Waals surface area contributed by atoms with Gasteiger partial charge >= 0.3 is 0 Å². The molecule has 1 atom stereocenters. The van der Waals surface area contributed by atoms with Crippen LogP contribution in [0.1, 0.15) is 6.92 Å². The molecule has 0 fully saturated rings. The summed E-state index contributed by atoms with van der Waals surface area (Å²) in [6, 6.07) is 0. The molecule has 0 aromatic heterocycles. The smallest absolute Gasteiger partial charge is 0.225 e. The van der Waals surface area contributed by atoms with Gasteiger partial charge in [0.05, 0.1) is 6.61 Å². The number of hydrogen-bond acceptors (Lipinski definition) is 4. The quantitative estimate of drug-likeness (QED) is 0.254. The highest BCUT2D eigenvalue weighted by Crippen LogP contribution is 1.78. The van der Waals surface area contributed by atoms with Crippen molar-refractivity contribution in [3.05, 3.63) is 0 Å². The summed E-state index contributed by atoms with van der Waals surface area (Å²) in [5.41, 5.74) is 4.83. The van der Waals surface area contributed by atoms with Crippen molar-refractivity contribution in [3.8, 4) is 0 Å². The van der Waals surface area contributed by atoms with Gasteiger partial charge in [0.2, 0.25) is 5.90 Å². The third-order valence-electron chi connectivity index (χ3n) is 0.568. The van der Waals surface area contributed by atoms with Crippen LogP contribution in [0.3, 0.4) is 0 Å². The van der Waals surface area contributed by atoms with E-state index in [1.165, 1.54) is 0 Å². The van der Waals surface area contributed by atoms with Gasteiger partial charge in [-0.1, -0.05) is 0 Å². The van der Waals surface area contributed by atoms with Crippen molar-refractivity contribution in [2.24, 2.45) is 5.73 Å². The molecule has 4 heteroatoms. The minimum absolute atomic E-state index is 0.285. The van der Waals surface area contributed by atoms with E-state index >= 15 is 0 Å². The van der Waals surface area contributed by atoms with Gasteiger partial charge < -0.3 is 9.84 Å². The zero-order chi connectivity index (χ0) is 6.57. The molecule has 0 rings (SSSR count). The second-order valence-corrected chi connectivity index (χ2v) is 1.24. The van der Waals surface area contributed by atoms with Crippen LogP contribution in [0.25, 0.3) is 0 Å². The lowest BCUT2D eigenvalue weighted by atomic mass is 10.6. The number of hydrogen-bond donors (Lipinski definition) is 3. The fraction of sp³-hybridized carbons (Fsp3) is 0.750. The van der Waals surface area contributed by atoms with E-state index in [0.29, 0.717) is 6.61 Å². The molecule has 0 aromatic carbocycles. The molecule has 0 aliphatic carbocycles. The molecule has 0 spiro atoms. The van der Waals surface area contributed by atoms with Crippen molar-refractivity contribution in [3.63, 3.8) is 0 Å². The average molecular weight is 118 g/mol. The molecule has 0 saturated carbocycles. The normalized spacial score (nSPS) is 12.9. The van der Waals surface area contributed by atoms with Gasteiger partial charge in [-0.3, -0.25) is 11.1 Å². The first-order valence-corrected chi connectivity index (χ1v) is 2.33. The molecule has 1 unspecified atom stereocenters. The number of aliphatic hydroxyl groups excluding tert-OH is 1. The number of nitrogens with two attached hydrogens (primary N) is 1. The van der Waals surface area contributed by atoms with Crippen LogP contribution in [0, 0.1) is 5.41 Å². The minimum atomic E-state index is -1.27. The van der Waals surface area contributed by atoms with E-state index in [-0.39, 0.29) is 5.90 Å². The summed E-state index contributed by atoms with van der Waals surface area (Å²) in [7, 11) is 0. The van der Waals surface area contributed by atoms with Crippen LogP contribution >= 0.6 is 0 Å². The Bertz CT molecular complexity index is 82.1. The number of nitrogens with one attached hydrogen (secondary N) is 1. The average Bonchev–Trinajstić information content (AvgIpc) is 1.67. The molecule has 48 valence electrons. The summed E-state index contributed by atoms with van der Waals surface area (Å²) in [4.78, 5) is 0. The Kier molecular flexibility index (Phi) is 3.14. The van der Waals surface area contributed by atoms with E-state index < -0.39 is 6.23 Å². The second-order valence-electron chi connectivity index (χ2n) is 1.24. The molecule has 0 amide bonds. The van der Waals surface area contributed by atoms with Crippen molar-refractivity contribution >= 4 is 5.90 Å². The number of aliphatic hydroxyl groups is 1. The van der Waals surface area contributed by atoms with E-state index in [9.17, 15) is 0 Å². The van der Waals surface area contributed by atoms with Crippen LogP contribution in [0.4, 0.5) is 0 Å². The summed E-state index contributed by atoms with van der Waals surface area (Å²) in [5.74, 6) is -0.285. The first-order valence-electron chi connectivity index (χ1n) is 2.33. The van der Waals surface area contributed by atoms with Gasteiger partial charge in [0, 0.05) is 0 Å². The van der Waals surface area contributed by atoms with Crippen molar-refractivity contribution in [2.45, 2.75) is 13.2 Å². The highest BCUT2D eigenvalue weighted by Gasteiger charge is 2.02. The molecular weight excluding hydrogens is 108 g/mol. The molecule has 0 radical (unpaired) electrons. The third-order valence-corrected chi connectivity index (χ3v) is 0.568. The molecule has 8 heavy (non-hydrogen) atoms. The Hall–Kier alpha value is -0.610. The molecule has 0 aromatic rings.